The molecule has 0 heterocycles. The highest BCUT2D eigenvalue weighted by atomic mass is 16.3. The molecule has 32 heavy (non-hydrogen) atoms. The summed E-state index contributed by atoms with van der Waals surface area (Å²) in [4.78, 5) is 13.3. The minimum Gasteiger partial charge on any atom is -0.393 e. The average Bonchev–Trinajstić information content (AvgIpc) is 3.10. The van der Waals surface area contributed by atoms with Gasteiger partial charge in [-0.05, 0) is 97.2 Å². The van der Waals surface area contributed by atoms with Crippen LogP contribution in [0.15, 0.2) is 0 Å². The molecule has 0 amide bonds. The molecule has 184 valence electrons. The third kappa shape index (κ3) is 3.71. The molecule has 0 aromatic rings. The van der Waals surface area contributed by atoms with E-state index in [2.05, 4.69) is 34.6 Å². The van der Waals surface area contributed by atoms with Gasteiger partial charge in [-0.2, -0.15) is 0 Å². The van der Waals surface area contributed by atoms with Gasteiger partial charge in [0, 0.05) is 12.3 Å². The molecule has 0 spiro atoms. The third-order valence-electron chi connectivity index (χ3n) is 11.6. The van der Waals surface area contributed by atoms with Gasteiger partial charge in [-0.15, -0.1) is 0 Å². The molecule has 0 aliphatic heterocycles. The minimum absolute atomic E-state index is 0.0440. The topological polar surface area (TPSA) is 77.8 Å². The largest absolute Gasteiger partial charge is 0.393 e. The van der Waals surface area contributed by atoms with Crippen LogP contribution in [0.2, 0.25) is 0 Å². The minimum atomic E-state index is -0.694. The number of hydrogen-bond acceptors (Lipinski definition) is 4. The Labute approximate surface area is 195 Å². The number of rotatable bonds is 5. The number of carbonyl (C=O) groups excluding carboxylic acids is 1. The summed E-state index contributed by atoms with van der Waals surface area (Å²) in [5, 5.41) is 32.2. The molecule has 4 saturated carbocycles. The summed E-state index contributed by atoms with van der Waals surface area (Å²) < 4.78 is 0. The predicted octanol–water partition coefficient (Wildman–Crippen LogP) is 4.84. The quantitative estimate of drug-likeness (QED) is 0.563. The van der Waals surface area contributed by atoms with E-state index in [0.717, 1.165) is 38.5 Å². The Morgan fingerprint density at radius 2 is 1.50 bits per heavy atom. The first-order valence-electron chi connectivity index (χ1n) is 13.5. The van der Waals surface area contributed by atoms with Crippen molar-refractivity contribution in [2.75, 3.05) is 0 Å². The van der Waals surface area contributed by atoms with Gasteiger partial charge >= 0.3 is 0 Å². The highest BCUT2D eigenvalue weighted by Gasteiger charge is 2.63. The summed E-state index contributed by atoms with van der Waals surface area (Å²) in [7, 11) is 0. The van der Waals surface area contributed by atoms with Crippen LogP contribution in [0.1, 0.15) is 92.9 Å². The average molecular weight is 449 g/mol. The summed E-state index contributed by atoms with van der Waals surface area (Å²) in [6.07, 6.45) is 6.05. The molecule has 4 nitrogen and oxygen atoms in total. The van der Waals surface area contributed by atoms with Crippen LogP contribution >= 0.6 is 0 Å². The van der Waals surface area contributed by atoms with Crippen molar-refractivity contribution in [3.63, 3.8) is 0 Å². The highest BCUT2D eigenvalue weighted by molar-refractivity contribution is 5.83. The van der Waals surface area contributed by atoms with Crippen LogP contribution in [-0.2, 0) is 4.79 Å². The number of ketones is 1. The van der Waals surface area contributed by atoms with Gasteiger partial charge in [0.25, 0.3) is 0 Å². The molecular weight excluding hydrogens is 400 g/mol. The van der Waals surface area contributed by atoms with Crippen molar-refractivity contribution in [1.82, 2.24) is 0 Å². The second-order valence-electron chi connectivity index (χ2n) is 13.2. The van der Waals surface area contributed by atoms with Gasteiger partial charge in [0.1, 0.15) is 5.78 Å². The molecule has 0 aromatic heterocycles. The Balaban J connectivity index is 1.54. The van der Waals surface area contributed by atoms with E-state index >= 15 is 0 Å². The zero-order chi connectivity index (χ0) is 23.6. The maximum absolute atomic E-state index is 13.3. The van der Waals surface area contributed by atoms with Crippen molar-refractivity contribution >= 4 is 5.78 Å². The van der Waals surface area contributed by atoms with E-state index in [9.17, 15) is 20.1 Å². The van der Waals surface area contributed by atoms with Crippen LogP contribution < -0.4 is 0 Å². The molecule has 4 aliphatic rings. The normalized spacial score (nSPS) is 47.9. The number of fused-ring (bicyclic) bond motifs is 5. The lowest BCUT2D eigenvalue weighted by Crippen LogP contribution is -2.57. The Morgan fingerprint density at radius 3 is 2.16 bits per heavy atom. The first-order valence-corrected chi connectivity index (χ1v) is 13.5. The molecule has 4 aliphatic carbocycles. The van der Waals surface area contributed by atoms with Crippen molar-refractivity contribution in [3.05, 3.63) is 0 Å². The summed E-state index contributed by atoms with van der Waals surface area (Å²) in [6.45, 7) is 13.2. The lowest BCUT2D eigenvalue weighted by Gasteiger charge is -2.60. The number of aliphatic hydroxyl groups excluding tert-OH is 3. The summed E-state index contributed by atoms with van der Waals surface area (Å²) in [5.74, 6) is 2.88. The van der Waals surface area contributed by atoms with Crippen molar-refractivity contribution < 1.29 is 20.1 Å². The van der Waals surface area contributed by atoms with Gasteiger partial charge in [0.2, 0.25) is 0 Å². The van der Waals surface area contributed by atoms with Crippen molar-refractivity contribution in [1.29, 1.82) is 0 Å². The zero-order valence-corrected chi connectivity index (χ0v) is 21.3. The fourth-order valence-corrected chi connectivity index (χ4v) is 9.18. The number of hydrogen-bond donors (Lipinski definition) is 3. The molecule has 4 heteroatoms. The van der Waals surface area contributed by atoms with Gasteiger partial charge in [-0.25, -0.2) is 0 Å². The van der Waals surface area contributed by atoms with Gasteiger partial charge < -0.3 is 15.3 Å². The first-order chi connectivity index (χ1) is 14.9. The lowest BCUT2D eigenvalue weighted by atomic mass is 9.44. The molecule has 0 radical (unpaired) electrons. The van der Waals surface area contributed by atoms with Gasteiger partial charge in [0.05, 0.1) is 18.3 Å². The fourth-order valence-electron chi connectivity index (χ4n) is 9.18. The Bertz CT molecular complexity index is 706. The van der Waals surface area contributed by atoms with Crippen LogP contribution in [0.3, 0.4) is 0 Å². The van der Waals surface area contributed by atoms with Gasteiger partial charge in [-0.1, -0.05) is 41.5 Å². The molecule has 12 atom stereocenters. The van der Waals surface area contributed by atoms with Crippen LogP contribution in [0, 0.1) is 58.2 Å². The number of carbonyl (C=O) groups is 1. The van der Waals surface area contributed by atoms with Gasteiger partial charge in [0.15, 0.2) is 0 Å². The van der Waals surface area contributed by atoms with Crippen LogP contribution in [0.5, 0.6) is 0 Å². The van der Waals surface area contributed by atoms with E-state index in [0.29, 0.717) is 48.2 Å². The molecule has 4 rings (SSSR count). The van der Waals surface area contributed by atoms with E-state index in [4.69, 9.17) is 0 Å². The monoisotopic (exact) mass is 448 g/mol. The van der Waals surface area contributed by atoms with Crippen LogP contribution in [0.25, 0.3) is 0 Å². The third-order valence-corrected chi connectivity index (χ3v) is 11.6. The number of aliphatic hydroxyl groups is 3. The first kappa shape index (κ1) is 24.7. The van der Waals surface area contributed by atoms with Crippen molar-refractivity contribution in [2.24, 2.45) is 58.2 Å². The highest BCUT2D eigenvalue weighted by Crippen LogP contribution is 2.67. The molecule has 3 N–H and O–H groups in total. The Hall–Kier alpha value is -0.450. The van der Waals surface area contributed by atoms with Crippen LogP contribution in [0.4, 0.5) is 0 Å². The molecule has 4 fully saturated rings. The van der Waals surface area contributed by atoms with E-state index in [1.165, 1.54) is 0 Å². The fraction of sp³-hybridized carbons (Fsp3) is 0.964. The summed E-state index contributed by atoms with van der Waals surface area (Å²) in [6, 6.07) is 0. The molecule has 0 saturated heterocycles. The van der Waals surface area contributed by atoms with Crippen molar-refractivity contribution in [3.8, 4) is 0 Å². The number of Topliss-reactive ketones (excluding diaryl/α,β-unsaturated/α-hetero) is 1. The summed E-state index contributed by atoms with van der Waals surface area (Å²) in [5.41, 5.74) is 0.187. The predicted molar refractivity (Wildman–Crippen MR) is 127 cm³/mol. The van der Waals surface area contributed by atoms with E-state index in [1.54, 1.807) is 0 Å². The zero-order valence-electron chi connectivity index (χ0n) is 21.3. The second-order valence-corrected chi connectivity index (χ2v) is 13.2. The summed E-state index contributed by atoms with van der Waals surface area (Å²) >= 11 is 0. The SMILES string of the molecule is CC(C)[C@H](C)[C@@H](O)[C@H](O)[C@@H](C)C1CCC2C3CC(=O)C4C[C@H](O)CC[C@]4(C)C3CC[C@@]21C. The van der Waals surface area contributed by atoms with E-state index in [1.807, 2.05) is 6.92 Å². The smallest absolute Gasteiger partial charge is 0.136 e. The van der Waals surface area contributed by atoms with Crippen LogP contribution in [-0.4, -0.2) is 39.4 Å². The Morgan fingerprint density at radius 1 is 0.875 bits per heavy atom. The van der Waals surface area contributed by atoms with E-state index < -0.39 is 12.2 Å². The second kappa shape index (κ2) is 8.64. The molecule has 0 bridgehead atoms. The standard InChI is InChI=1S/C28H48O4/c1-15(2)16(3)25(31)26(32)17(4)20-7-8-21-19-14-24(30)23-13-18(29)9-11-28(23,6)22(19)10-12-27(20,21)5/h15-23,25-26,29,31-32H,7-14H2,1-6H3/t16-,17-,18+,19?,20?,21?,22?,23?,25+,26+,27+,28+/m0/s1. The van der Waals surface area contributed by atoms with Gasteiger partial charge in [-0.3, -0.25) is 4.79 Å². The molecule has 0 aromatic carbocycles. The maximum Gasteiger partial charge on any atom is 0.136 e. The molecular formula is C28H48O4. The maximum atomic E-state index is 13.3. The Kier molecular flexibility index (Phi) is 6.66. The lowest BCUT2D eigenvalue weighted by molar-refractivity contribution is -0.161. The molecule has 5 unspecified atom stereocenters. The van der Waals surface area contributed by atoms with E-state index in [-0.39, 0.29) is 34.7 Å². The van der Waals surface area contributed by atoms with Crippen molar-refractivity contribution in [2.45, 2.75) is 111 Å².